The highest BCUT2D eigenvalue weighted by molar-refractivity contribution is 7.74. The summed E-state index contributed by atoms with van der Waals surface area (Å²) in [5.74, 6) is 0. The van der Waals surface area contributed by atoms with E-state index in [4.69, 9.17) is 30.2 Å². The van der Waals surface area contributed by atoms with Gasteiger partial charge in [-0.15, -0.1) is 0 Å². The molecule has 0 saturated heterocycles. The molecule has 54 valence electrons. The molecule has 1 aromatic carbocycles. The van der Waals surface area contributed by atoms with Crippen molar-refractivity contribution >= 4 is 35.8 Å². The third-order valence-electron chi connectivity index (χ3n) is 1.37. The minimum Gasteiger partial charge on any atom is -0.396 e. The average molecular weight is 172 g/mol. The number of rotatable bonds is 1. The van der Waals surface area contributed by atoms with Crippen molar-refractivity contribution in [3.05, 3.63) is 9.02 Å². The third-order valence-corrected chi connectivity index (χ3v) is 2.32. The summed E-state index contributed by atoms with van der Waals surface area (Å²) in [6.07, 6.45) is 0. The molecular formula is C6H8N2S2. The molecule has 0 fully saturated rings. The molecule has 4 heteroatoms. The largest absolute Gasteiger partial charge is 0.396 e. The number of nitrogens with two attached hydrogens (primary N) is 1. The maximum absolute atomic E-state index is 5.57. The van der Waals surface area contributed by atoms with Crippen LogP contribution >= 0.6 is 24.4 Å². The molecular weight excluding hydrogens is 164 g/mol. The first kappa shape index (κ1) is 7.63. The van der Waals surface area contributed by atoms with Crippen LogP contribution in [0.5, 0.6) is 0 Å². The van der Waals surface area contributed by atoms with Crippen molar-refractivity contribution in [2.45, 2.75) is 0 Å². The molecule has 0 heterocycles. The summed E-state index contributed by atoms with van der Waals surface area (Å²) >= 11 is 9.83. The SMILES string of the molecule is CN(C)c1c(N)c(=S)c1=S. The van der Waals surface area contributed by atoms with Gasteiger partial charge in [0.2, 0.25) is 0 Å². The number of hydrogen-bond donors (Lipinski definition) is 1. The second-order valence-corrected chi connectivity index (χ2v) is 3.13. The van der Waals surface area contributed by atoms with Gasteiger partial charge in [0.15, 0.2) is 0 Å². The number of nitrogen functional groups attached to an aromatic ring is 1. The lowest BCUT2D eigenvalue weighted by Crippen LogP contribution is -2.14. The van der Waals surface area contributed by atoms with Gasteiger partial charge in [0.05, 0.1) is 20.4 Å². The Labute approximate surface area is 70.0 Å². The molecule has 2 N–H and O–H groups in total. The van der Waals surface area contributed by atoms with E-state index in [0.29, 0.717) is 10.2 Å². The lowest BCUT2D eigenvalue weighted by Gasteiger charge is -2.18. The first-order chi connectivity index (χ1) is 4.55. The van der Waals surface area contributed by atoms with E-state index in [0.717, 1.165) is 10.2 Å². The van der Waals surface area contributed by atoms with E-state index < -0.39 is 0 Å². The fraction of sp³-hybridized carbons (Fsp3) is 0.333. The van der Waals surface area contributed by atoms with Crippen molar-refractivity contribution in [1.29, 1.82) is 0 Å². The van der Waals surface area contributed by atoms with Crippen LogP contribution in [0.1, 0.15) is 0 Å². The minimum atomic E-state index is 0.638. The summed E-state index contributed by atoms with van der Waals surface area (Å²) in [6.45, 7) is 0. The molecule has 0 unspecified atom stereocenters. The predicted molar refractivity (Wildman–Crippen MR) is 49.2 cm³/mol. The third kappa shape index (κ3) is 0.839. The van der Waals surface area contributed by atoms with Gasteiger partial charge in [-0.1, -0.05) is 24.4 Å². The average Bonchev–Trinajstić information content (AvgIpc) is 1.87. The maximum Gasteiger partial charge on any atom is 0.0834 e. The molecule has 1 rings (SSSR count). The van der Waals surface area contributed by atoms with E-state index in [2.05, 4.69) is 0 Å². The summed E-state index contributed by atoms with van der Waals surface area (Å²) < 4.78 is 1.36. The molecule has 0 aliphatic rings. The van der Waals surface area contributed by atoms with Gasteiger partial charge in [0, 0.05) is 14.1 Å². The number of hydrogen-bond acceptors (Lipinski definition) is 4. The van der Waals surface area contributed by atoms with Gasteiger partial charge in [0.25, 0.3) is 0 Å². The van der Waals surface area contributed by atoms with Crippen molar-refractivity contribution in [3.63, 3.8) is 0 Å². The van der Waals surface area contributed by atoms with Crippen LogP contribution in [-0.2, 0) is 0 Å². The van der Waals surface area contributed by atoms with E-state index in [1.807, 2.05) is 19.0 Å². The molecule has 2 nitrogen and oxygen atoms in total. The summed E-state index contributed by atoms with van der Waals surface area (Å²) in [5, 5.41) is 0. The van der Waals surface area contributed by atoms with Crippen LogP contribution in [0.25, 0.3) is 0 Å². The zero-order valence-corrected chi connectivity index (χ0v) is 7.47. The Kier molecular flexibility index (Phi) is 1.74. The van der Waals surface area contributed by atoms with E-state index in [-0.39, 0.29) is 0 Å². The Morgan fingerprint density at radius 1 is 1.20 bits per heavy atom. The van der Waals surface area contributed by atoms with E-state index in [1.54, 1.807) is 0 Å². The van der Waals surface area contributed by atoms with Crippen molar-refractivity contribution in [3.8, 4) is 0 Å². The normalized spacial score (nSPS) is 10.2. The Morgan fingerprint density at radius 2 is 1.70 bits per heavy atom. The number of anilines is 2. The molecule has 0 aliphatic heterocycles. The van der Waals surface area contributed by atoms with Crippen LogP contribution in [-0.4, -0.2) is 14.1 Å². The van der Waals surface area contributed by atoms with Crippen molar-refractivity contribution < 1.29 is 0 Å². The van der Waals surface area contributed by atoms with Crippen LogP contribution in [0.3, 0.4) is 0 Å². The minimum absolute atomic E-state index is 0.638. The monoisotopic (exact) mass is 172 g/mol. The summed E-state index contributed by atoms with van der Waals surface area (Å²) in [5.41, 5.74) is 7.13. The van der Waals surface area contributed by atoms with Crippen LogP contribution in [0, 0.1) is 9.02 Å². The van der Waals surface area contributed by atoms with Crippen molar-refractivity contribution in [2.75, 3.05) is 24.7 Å². The van der Waals surface area contributed by atoms with Gasteiger partial charge in [-0.25, -0.2) is 0 Å². The fourth-order valence-corrected chi connectivity index (χ4v) is 1.44. The van der Waals surface area contributed by atoms with E-state index >= 15 is 0 Å². The highest BCUT2D eigenvalue weighted by atomic mass is 32.1. The van der Waals surface area contributed by atoms with E-state index in [1.165, 1.54) is 0 Å². The first-order valence-corrected chi connectivity index (χ1v) is 3.63. The van der Waals surface area contributed by atoms with Crippen LogP contribution in [0.2, 0.25) is 0 Å². The van der Waals surface area contributed by atoms with Crippen LogP contribution in [0.4, 0.5) is 11.4 Å². The van der Waals surface area contributed by atoms with Gasteiger partial charge in [-0.2, -0.15) is 0 Å². The molecule has 10 heavy (non-hydrogen) atoms. The Hall–Kier alpha value is -0.480. The second-order valence-electron chi connectivity index (χ2n) is 2.31. The molecule has 0 saturated carbocycles. The van der Waals surface area contributed by atoms with Gasteiger partial charge in [-0.05, 0) is 0 Å². The van der Waals surface area contributed by atoms with Crippen molar-refractivity contribution in [2.24, 2.45) is 0 Å². The smallest absolute Gasteiger partial charge is 0.0834 e. The Balaban J connectivity index is 3.23. The fourth-order valence-electron chi connectivity index (χ4n) is 0.841. The Bertz CT molecular complexity index is 320. The first-order valence-electron chi connectivity index (χ1n) is 2.81. The molecule has 0 aromatic heterocycles. The molecule has 0 spiro atoms. The topological polar surface area (TPSA) is 29.3 Å². The van der Waals surface area contributed by atoms with Crippen LogP contribution in [0.15, 0.2) is 0 Å². The zero-order chi connectivity index (χ0) is 7.89. The molecule has 0 amide bonds. The lowest BCUT2D eigenvalue weighted by molar-refractivity contribution is 1.12. The molecule has 0 atom stereocenters. The quantitative estimate of drug-likeness (QED) is 0.652. The van der Waals surface area contributed by atoms with Gasteiger partial charge < -0.3 is 10.6 Å². The van der Waals surface area contributed by atoms with Gasteiger partial charge in [0.1, 0.15) is 0 Å². The second kappa shape index (κ2) is 2.29. The summed E-state index contributed by atoms with van der Waals surface area (Å²) in [7, 11) is 3.80. The molecule has 0 radical (unpaired) electrons. The highest BCUT2D eigenvalue weighted by Gasteiger charge is 2.11. The van der Waals surface area contributed by atoms with Gasteiger partial charge >= 0.3 is 0 Å². The van der Waals surface area contributed by atoms with Crippen LogP contribution < -0.4 is 10.6 Å². The highest BCUT2D eigenvalue weighted by Crippen LogP contribution is 2.30. The Morgan fingerprint density at radius 3 is 1.90 bits per heavy atom. The lowest BCUT2D eigenvalue weighted by atomic mass is 10.2. The zero-order valence-electron chi connectivity index (χ0n) is 5.84. The predicted octanol–water partition coefficient (Wildman–Crippen LogP) is 1.67. The van der Waals surface area contributed by atoms with Crippen molar-refractivity contribution in [1.82, 2.24) is 0 Å². The number of nitrogens with zero attached hydrogens (tertiary/aromatic N) is 1. The molecule has 0 bridgehead atoms. The standard InChI is InChI=1S/C6H8N2S2/c1-8(2)4-3(7)5(9)6(4)10/h7H2,1-2H3. The molecule has 1 aromatic rings. The summed E-state index contributed by atoms with van der Waals surface area (Å²) in [4.78, 5) is 1.88. The maximum atomic E-state index is 5.57. The molecule has 0 aliphatic carbocycles. The van der Waals surface area contributed by atoms with Gasteiger partial charge in [-0.3, -0.25) is 0 Å². The van der Waals surface area contributed by atoms with E-state index in [9.17, 15) is 0 Å². The summed E-state index contributed by atoms with van der Waals surface area (Å²) in [6, 6.07) is 0.